The molecule has 2 saturated heterocycles. The Morgan fingerprint density at radius 1 is 1.14 bits per heavy atom. The number of pyridine rings is 1. The molecule has 4 rings (SSSR count). The number of amides is 1. The Labute approximate surface area is 169 Å². The number of carbonyl (C=O) groups is 1. The first-order valence-corrected chi connectivity index (χ1v) is 11.3. The lowest BCUT2D eigenvalue weighted by Crippen LogP contribution is -2.65. The van der Waals surface area contributed by atoms with E-state index in [2.05, 4.69) is 27.1 Å². The summed E-state index contributed by atoms with van der Waals surface area (Å²) in [5, 5.41) is 3.29. The fraction of sp³-hybridized carbons (Fsp3) is 0.739. The van der Waals surface area contributed by atoms with Gasteiger partial charge in [-0.15, -0.1) is 0 Å². The molecule has 1 aliphatic carbocycles. The van der Waals surface area contributed by atoms with E-state index >= 15 is 0 Å². The maximum atomic E-state index is 13.5. The lowest BCUT2D eigenvalue weighted by atomic mass is 9.67. The predicted octanol–water partition coefficient (Wildman–Crippen LogP) is 3.06. The van der Waals surface area contributed by atoms with E-state index in [0.717, 1.165) is 50.4 Å². The molecule has 5 nitrogen and oxygen atoms in total. The van der Waals surface area contributed by atoms with Gasteiger partial charge in [0.05, 0.1) is 5.41 Å². The van der Waals surface area contributed by atoms with Gasteiger partial charge >= 0.3 is 0 Å². The van der Waals surface area contributed by atoms with Gasteiger partial charge in [0.2, 0.25) is 5.91 Å². The van der Waals surface area contributed by atoms with Crippen LogP contribution in [-0.2, 0) is 11.3 Å². The van der Waals surface area contributed by atoms with E-state index < -0.39 is 0 Å². The third-order valence-electron chi connectivity index (χ3n) is 7.44. The number of likely N-dealkylation sites (N-methyl/N-ethyl adjacent to an activating group) is 1. The molecule has 0 aromatic carbocycles. The average Bonchev–Trinajstić information content (AvgIpc) is 2.74. The van der Waals surface area contributed by atoms with Crippen molar-refractivity contribution in [2.24, 2.45) is 11.3 Å². The Morgan fingerprint density at radius 2 is 1.93 bits per heavy atom. The van der Waals surface area contributed by atoms with Gasteiger partial charge in [0.25, 0.3) is 0 Å². The summed E-state index contributed by atoms with van der Waals surface area (Å²) in [5.74, 6) is 1.10. The smallest absolute Gasteiger partial charge is 0.228 e. The first-order valence-electron chi connectivity index (χ1n) is 11.3. The van der Waals surface area contributed by atoms with Crippen LogP contribution in [0.2, 0.25) is 0 Å². The van der Waals surface area contributed by atoms with Gasteiger partial charge in [0.1, 0.15) is 0 Å². The normalized spacial score (nSPS) is 30.0. The number of nitrogens with zero attached hydrogens (tertiary/aromatic N) is 3. The minimum atomic E-state index is -0.216. The highest BCUT2D eigenvalue weighted by Crippen LogP contribution is 2.43. The molecule has 3 heterocycles. The molecule has 1 saturated carbocycles. The first kappa shape index (κ1) is 19.8. The minimum absolute atomic E-state index is 0.216. The largest absolute Gasteiger partial charge is 0.351 e. The third-order valence-corrected chi connectivity index (χ3v) is 7.44. The van der Waals surface area contributed by atoms with Gasteiger partial charge in [0.15, 0.2) is 0 Å². The highest BCUT2D eigenvalue weighted by Gasteiger charge is 2.52. The Kier molecular flexibility index (Phi) is 6.32. The standard InChI is InChI=1S/C23H36N4O/c1-26-15-11-23(22(28)25-16-19-8-12-24-13-9-19)10-5-14-27(21(23)18-26)17-20-6-3-2-4-7-20/h8-9,12-13,20-21H,2-7,10-11,14-18H2,1H3,(H,25,28)/t21-,23+/m0/s1. The maximum Gasteiger partial charge on any atom is 0.228 e. The van der Waals surface area contributed by atoms with Crippen LogP contribution in [0.1, 0.15) is 56.9 Å². The average molecular weight is 385 g/mol. The summed E-state index contributed by atoms with van der Waals surface area (Å²) in [5.41, 5.74) is 0.908. The number of hydrogen-bond donors (Lipinski definition) is 1. The Balaban J connectivity index is 1.47. The van der Waals surface area contributed by atoms with Crippen molar-refractivity contribution in [3.8, 4) is 0 Å². The summed E-state index contributed by atoms with van der Waals surface area (Å²) in [6, 6.07) is 4.33. The van der Waals surface area contributed by atoms with Crippen LogP contribution in [0, 0.1) is 11.3 Å². The number of rotatable bonds is 5. The number of hydrogen-bond acceptors (Lipinski definition) is 4. The number of piperidine rings is 2. The van der Waals surface area contributed by atoms with Crippen molar-refractivity contribution in [3.05, 3.63) is 30.1 Å². The molecule has 1 amide bonds. The summed E-state index contributed by atoms with van der Waals surface area (Å²) in [7, 11) is 2.21. The maximum absolute atomic E-state index is 13.5. The molecule has 154 valence electrons. The molecule has 0 spiro atoms. The van der Waals surface area contributed by atoms with Crippen LogP contribution in [0.15, 0.2) is 24.5 Å². The SMILES string of the molecule is CN1CC[C@]2(C(=O)NCc3ccncc3)CCCN(CC3CCCCC3)[C@H]2C1. The van der Waals surface area contributed by atoms with E-state index in [-0.39, 0.29) is 11.3 Å². The molecule has 3 aliphatic rings. The second kappa shape index (κ2) is 8.91. The molecule has 28 heavy (non-hydrogen) atoms. The Bertz CT molecular complexity index is 645. The lowest BCUT2D eigenvalue weighted by Gasteiger charge is -2.54. The number of carbonyl (C=O) groups excluding carboxylic acids is 1. The molecule has 0 radical (unpaired) electrons. The molecular formula is C23H36N4O. The number of likely N-dealkylation sites (tertiary alicyclic amines) is 2. The summed E-state index contributed by atoms with van der Waals surface area (Å²) in [6.07, 6.45) is 13.7. The third kappa shape index (κ3) is 4.25. The molecule has 1 N–H and O–H groups in total. The summed E-state index contributed by atoms with van der Waals surface area (Å²) < 4.78 is 0. The second-order valence-electron chi connectivity index (χ2n) is 9.32. The summed E-state index contributed by atoms with van der Waals surface area (Å²) in [4.78, 5) is 22.7. The van der Waals surface area contributed by atoms with Crippen molar-refractivity contribution >= 4 is 5.91 Å². The van der Waals surface area contributed by atoms with Crippen molar-refractivity contribution in [1.82, 2.24) is 20.1 Å². The fourth-order valence-corrected chi connectivity index (χ4v) is 5.79. The van der Waals surface area contributed by atoms with E-state index in [9.17, 15) is 4.79 Å². The van der Waals surface area contributed by atoms with Crippen LogP contribution < -0.4 is 5.32 Å². The van der Waals surface area contributed by atoms with Gasteiger partial charge in [-0.3, -0.25) is 14.7 Å². The molecule has 2 atom stereocenters. The fourth-order valence-electron chi connectivity index (χ4n) is 5.79. The van der Waals surface area contributed by atoms with Crippen LogP contribution in [0.4, 0.5) is 0 Å². The predicted molar refractivity (Wildman–Crippen MR) is 112 cm³/mol. The highest BCUT2D eigenvalue weighted by molar-refractivity contribution is 5.84. The zero-order chi connectivity index (χ0) is 19.4. The van der Waals surface area contributed by atoms with Crippen LogP contribution in [0.5, 0.6) is 0 Å². The molecule has 3 fully saturated rings. The monoisotopic (exact) mass is 384 g/mol. The summed E-state index contributed by atoms with van der Waals surface area (Å²) >= 11 is 0. The number of fused-ring (bicyclic) bond motifs is 1. The van der Waals surface area contributed by atoms with Crippen LogP contribution >= 0.6 is 0 Å². The molecule has 0 bridgehead atoms. The van der Waals surface area contributed by atoms with Gasteiger partial charge in [-0.1, -0.05) is 19.3 Å². The number of nitrogens with one attached hydrogen (secondary N) is 1. The van der Waals surface area contributed by atoms with Gasteiger partial charge in [-0.2, -0.15) is 0 Å². The molecule has 2 aliphatic heterocycles. The van der Waals surface area contributed by atoms with E-state index in [1.54, 1.807) is 12.4 Å². The number of aromatic nitrogens is 1. The van der Waals surface area contributed by atoms with Crippen LogP contribution in [0.3, 0.4) is 0 Å². The Morgan fingerprint density at radius 3 is 2.71 bits per heavy atom. The van der Waals surface area contributed by atoms with E-state index in [1.807, 2.05) is 12.1 Å². The van der Waals surface area contributed by atoms with Gasteiger partial charge in [0, 0.05) is 38.1 Å². The minimum Gasteiger partial charge on any atom is -0.351 e. The first-order chi connectivity index (χ1) is 13.7. The molecular weight excluding hydrogens is 348 g/mol. The van der Waals surface area contributed by atoms with Crippen molar-refractivity contribution in [3.63, 3.8) is 0 Å². The van der Waals surface area contributed by atoms with E-state index in [4.69, 9.17) is 0 Å². The quantitative estimate of drug-likeness (QED) is 0.848. The van der Waals surface area contributed by atoms with Gasteiger partial charge in [-0.25, -0.2) is 0 Å². The van der Waals surface area contributed by atoms with Crippen molar-refractivity contribution < 1.29 is 4.79 Å². The van der Waals surface area contributed by atoms with Crippen molar-refractivity contribution in [2.45, 2.75) is 64.0 Å². The van der Waals surface area contributed by atoms with Gasteiger partial charge < -0.3 is 10.2 Å². The van der Waals surface area contributed by atoms with Gasteiger partial charge in [-0.05, 0) is 75.9 Å². The van der Waals surface area contributed by atoms with E-state index in [0.29, 0.717) is 12.6 Å². The van der Waals surface area contributed by atoms with Crippen molar-refractivity contribution in [1.29, 1.82) is 0 Å². The van der Waals surface area contributed by atoms with Crippen LogP contribution in [0.25, 0.3) is 0 Å². The molecule has 5 heteroatoms. The highest BCUT2D eigenvalue weighted by atomic mass is 16.2. The molecule has 1 aromatic heterocycles. The van der Waals surface area contributed by atoms with E-state index in [1.165, 1.54) is 38.6 Å². The zero-order valence-electron chi connectivity index (χ0n) is 17.4. The summed E-state index contributed by atoms with van der Waals surface area (Å²) in [6.45, 7) is 5.01. The Hall–Kier alpha value is -1.46. The zero-order valence-corrected chi connectivity index (χ0v) is 17.4. The molecule has 0 unspecified atom stereocenters. The topological polar surface area (TPSA) is 48.5 Å². The molecule has 1 aromatic rings. The van der Waals surface area contributed by atoms with Crippen LogP contribution in [-0.4, -0.2) is 60.0 Å². The second-order valence-corrected chi connectivity index (χ2v) is 9.32. The van der Waals surface area contributed by atoms with Crippen molar-refractivity contribution in [2.75, 3.05) is 33.2 Å². The lowest BCUT2D eigenvalue weighted by molar-refractivity contribution is -0.145.